The van der Waals surface area contributed by atoms with Gasteiger partial charge in [0.2, 0.25) is 5.91 Å². The molecule has 1 aliphatic heterocycles. The monoisotopic (exact) mass is 420 g/mol. The third kappa shape index (κ3) is 4.82. The average Bonchev–Trinajstić information content (AvgIpc) is 3.32. The number of rotatable bonds is 8. The molecule has 0 bridgehead atoms. The van der Waals surface area contributed by atoms with E-state index in [0.29, 0.717) is 17.5 Å². The van der Waals surface area contributed by atoms with E-state index in [-0.39, 0.29) is 22.3 Å². The number of thioether (sulfide) groups is 1. The average molecular weight is 421 g/mol. The highest BCUT2D eigenvalue weighted by molar-refractivity contribution is 7.99. The molecule has 28 heavy (non-hydrogen) atoms. The Morgan fingerprint density at radius 3 is 2.54 bits per heavy atom. The van der Waals surface area contributed by atoms with Gasteiger partial charge >= 0.3 is 0 Å². The second-order valence-corrected chi connectivity index (χ2v) is 9.68. The number of carbonyl (C=O) groups excluding carboxylic acids is 1. The minimum absolute atomic E-state index is 0.0736. The summed E-state index contributed by atoms with van der Waals surface area (Å²) in [4.78, 5) is 14.4. The lowest BCUT2D eigenvalue weighted by Gasteiger charge is -2.14. The number of allylic oxidation sites excluding steroid dienone is 1. The normalized spacial score (nSPS) is 14.4. The van der Waals surface area contributed by atoms with Gasteiger partial charge in [-0.05, 0) is 31.9 Å². The number of aromatic nitrogens is 3. The molecule has 9 heteroatoms. The minimum Gasteiger partial charge on any atom is -0.342 e. The van der Waals surface area contributed by atoms with Crippen molar-refractivity contribution in [1.29, 1.82) is 0 Å². The quantitative estimate of drug-likeness (QED) is 0.482. The second-order valence-electron chi connectivity index (χ2n) is 6.75. The second kappa shape index (κ2) is 8.91. The zero-order chi connectivity index (χ0) is 20.1. The first-order valence-electron chi connectivity index (χ1n) is 9.13. The lowest BCUT2D eigenvalue weighted by atomic mass is 10.2. The lowest BCUT2D eigenvalue weighted by Crippen LogP contribution is -2.29. The molecule has 0 N–H and O–H groups in total. The van der Waals surface area contributed by atoms with Gasteiger partial charge in [0, 0.05) is 19.6 Å². The molecular formula is C19H24N4O3S2. The molecule has 2 aromatic rings. The molecule has 0 aliphatic carbocycles. The number of aryl methyl sites for hydroxylation is 1. The Bertz CT molecular complexity index is 946. The van der Waals surface area contributed by atoms with Crippen molar-refractivity contribution in [3.8, 4) is 0 Å². The van der Waals surface area contributed by atoms with Gasteiger partial charge in [-0.2, -0.15) is 0 Å². The molecule has 0 radical (unpaired) electrons. The summed E-state index contributed by atoms with van der Waals surface area (Å²) in [6, 6.07) is 6.74. The largest absolute Gasteiger partial charge is 0.342 e. The van der Waals surface area contributed by atoms with Gasteiger partial charge in [0.15, 0.2) is 15.0 Å². The Labute approximate surface area is 169 Å². The van der Waals surface area contributed by atoms with Gasteiger partial charge in [0.25, 0.3) is 0 Å². The van der Waals surface area contributed by atoms with Crippen LogP contribution in [0.4, 0.5) is 0 Å². The number of hydrogen-bond acceptors (Lipinski definition) is 6. The summed E-state index contributed by atoms with van der Waals surface area (Å²) in [6.07, 6.45) is 3.76. The zero-order valence-electron chi connectivity index (χ0n) is 15.9. The van der Waals surface area contributed by atoms with Crippen LogP contribution in [0, 0.1) is 6.92 Å². The summed E-state index contributed by atoms with van der Waals surface area (Å²) in [5, 5.41) is 8.73. The third-order valence-corrected chi connectivity index (χ3v) is 7.17. The SMILES string of the molecule is C=CCn1c(CS(=O)(=O)c2ccc(C)cc2)nnc1SCC(=O)N1CCCC1. The Kier molecular flexibility index (Phi) is 6.56. The van der Waals surface area contributed by atoms with Crippen LogP contribution in [0.3, 0.4) is 0 Å². The summed E-state index contributed by atoms with van der Waals surface area (Å²) < 4.78 is 27.2. The van der Waals surface area contributed by atoms with E-state index >= 15 is 0 Å². The third-order valence-electron chi connectivity index (χ3n) is 4.59. The molecule has 0 saturated carbocycles. The molecule has 1 aromatic heterocycles. The smallest absolute Gasteiger partial charge is 0.233 e. The first-order chi connectivity index (χ1) is 13.4. The maximum Gasteiger partial charge on any atom is 0.233 e. The van der Waals surface area contributed by atoms with Gasteiger partial charge in [-0.3, -0.25) is 4.79 Å². The zero-order valence-corrected chi connectivity index (χ0v) is 17.5. The Morgan fingerprint density at radius 1 is 1.21 bits per heavy atom. The number of hydrogen-bond donors (Lipinski definition) is 0. The Morgan fingerprint density at radius 2 is 1.89 bits per heavy atom. The first kappa shape index (κ1) is 20.6. The van der Waals surface area contributed by atoms with Crippen molar-refractivity contribution in [2.45, 2.75) is 42.1 Å². The summed E-state index contributed by atoms with van der Waals surface area (Å²) in [5.41, 5.74) is 0.995. The molecule has 0 spiro atoms. The van der Waals surface area contributed by atoms with Crippen LogP contribution in [0.15, 0.2) is 47.0 Å². The number of benzene rings is 1. The Balaban J connectivity index is 1.75. The molecule has 1 amide bonds. The topological polar surface area (TPSA) is 85.2 Å². The lowest BCUT2D eigenvalue weighted by molar-refractivity contribution is -0.127. The fraction of sp³-hybridized carbons (Fsp3) is 0.421. The molecule has 7 nitrogen and oxygen atoms in total. The van der Waals surface area contributed by atoms with E-state index in [1.807, 2.05) is 11.8 Å². The molecule has 3 rings (SSSR count). The molecule has 0 unspecified atom stereocenters. The van der Waals surface area contributed by atoms with Gasteiger partial charge in [0.05, 0.1) is 10.6 Å². The number of amides is 1. The van der Waals surface area contributed by atoms with Gasteiger partial charge in [-0.1, -0.05) is 35.5 Å². The molecule has 1 fully saturated rings. The van der Waals surface area contributed by atoms with Gasteiger partial charge in [-0.25, -0.2) is 8.42 Å². The molecule has 1 aliphatic rings. The predicted octanol–water partition coefficient (Wildman–Crippen LogP) is 2.46. The van der Waals surface area contributed by atoms with E-state index in [2.05, 4.69) is 16.8 Å². The molecule has 2 heterocycles. The van der Waals surface area contributed by atoms with Crippen LogP contribution >= 0.6 is 11.8 Å². The van der Waals surface area contributed by atoms with Crippen LogP contribution in [0.5, 0.6) is 0 Å². The van der Waals surface area contributed by atoms with Crippen LogP contribution in [0.1, 0.15) is 24.2 Å². The standard InChI is InChI=1S/C19H24N4O3S2/c1-3-10-23-17(14-28(25,26)16-8-6-15(2)7-9-16)20-21-19(23)27-13-18(24)22-11-4-5-12-22/h3,6-9H,1,4-5,10-14H2,2H3. The van der Waals surface area contributed by atoms with Crippen LogP contribution in [0.2, 0.25) is 0 Å². The van der Waals surface area contributed by atoms with E-state index in [1.54, 1.807) is 34.9 Å². The fourth-order valence-corrected chi connectivity index (χ4v) is 5.17. The van der Waals surface area contributed by atoms with E-state index in [9.17, 15) is 13.2 Å². The van der Waals surface area contributed by atoms with Gasteiger partial charge in [0.1, 0.15) is 11.6 Å². The molecule has 1 aromatic carbocycles. The predicted molar refractivity (Wildman–Crippen MR) is 109 cm³/mol. The van der Waals surface area contributed by atoms with Crippen molar-refractivity contribution in [3.05, 3.63) is 48.3 Å². The molecule has 0 atom stereocenters. The highest BCUT2D eigenvalue weighted by Crippen LogP contribution is 2.22. The van der Waals surface area contributed by atoms with Crippen molar-refractivity contribution < 1.29 is 13.2 Å². The number of sulfone groups is 1. The van der Waals surface area contributed by atoms with Crippen LogP contribution in [-0.4, -0.2) is 52.8 Å². The van der Waals surface area contributed by atoms with E-state index in [0.717, 1.165) is 31.5 Å². The fourth-order valence-electron chi connectivity index (χ4n) is 3.03. The van der Waals surface area contributed by atoms with E-state index < -0.39 is 9.84 Å². The van der Waals surface area contributed by atoms with Crippen molar-refractivity contribution in [2.24, 2.45) is 0 Å². The van der Waals surface area contributed by atoms with Crippen molar-refractivity contribution in [2.75, 3.05) is 18.8 Å². The van der Waals surface area contributed by atoms with Gasteiger partial charge < -0.3 is 9.47 Å². The number of nitrogens with zero attached hydrogens (tertiary/aromatic N) is 4. The summed E-state index contributed by atoms with van der Waals surface area (Å²) >= 11 is 1.28. The van der Waals surface area contributed by atoms with Crippen molar-refractivity contribution in [3.63, 3.8) is 0 Å². The highest BCUT2D eigenvalue weighted by atomic mass is 32.2. The minimum atomic E-state index is -3.54. The Hall–Kier alpha value is -2.13. The highest BCUT2D eigenvalue weighted by Gasteiger charge is 2.23. The molecule has 1 saturated heterocycles. The number of carbonyl (C=O) groups is 1. The molecule has 150 valence electrons. The maximum absolute atomic E-state index is 12.7. The maximum atomic E-state index is 12.7. The van der Waals surface area contributed by atoms with Gasteiger partial charge in [-0.15, -0.1) is 16.8 Å². The molecular weight excluding hydrogens is 396 g/mol. The summed E-state index contributed by atoms with van der Waals surface area (Å²) in [5.74, 6) is 0.429. The van der Waals surface area contributed by atoms with Crippen LogP contribution < -0.4 is 0 Å². The summed E-state index contributed by atoms with van der Waals surface area (Å²) in [6.45, 7) is 7.63. The first-order valence-corrected chi connectivity index (χ1v) is 11.8. The van der Waals surface area contributed by atoms with Crippen molar-refractivity contribution >= 4 is 27.5 Å². The summed E-state index contributed by atoms with van der Waals surface area (Å²) in [7, 11) is -3.54. The van der Waals surface area contributed by atoms with Crippen LogP contribution in [-0.2, 0) is 26.9 Å². The number of likely N-dealkylation sites (tertiary alicyclic amines) is 1. The van der Waals surface area contributed by atoms with E-state index in [1.165, 1.54) is 11.8 Å². The van der Waals surface area contributed by atoms with Crippen LogP contribution in [0.25, 0.3) is 0 Å². The van der Waals surface area contributed by atoms with Crippen molar-refractivity contribution in [1.82, 2.24) is 19.7 Å². The van der Waals surface area contributed by atoms with E-state index in [4.69, 9.17) is 0 Å².